The Kier molecular flexibility index (Phi) is 5.82. The van der Waals surface area contributed by atoms with Gasteiger partial charge in [0.2, 0.25) is 17.7 Å². The molecule has 0 aromatic carbocycles. The number of nitrogens with one attached hydrogen (secondary N) is 3. The van der Waals surface area contributed by atoms with Gasteiger partial charge in [0.1, 0.15) is 5.69 Å². The zero-order valence-corrected chi connectivity index (χ0v) is 12.6. The number of anilines is 2. The minimum Gasteiger partial charge on any atom is -0.357 e. The molecule has 0 saturated carbocycles. The van der Waals surface area contributed by atoms with Crippen molar-refractivity contribution in [1.82, 2.24) is 15.3 Å². The quantitative estimate of drug-likeness (QED) is 0.505. The van der Waals surface area contributed by atoms with Crippen LogP contribution in [-0.4, -0.2) is 40.9 Å². The van der Waals surface area contributed by atoms with Gasteiger partial charge < -0.3 is 16.0 Å². The fourth-order valence-electron chi connectivity index (χ4n) is 1.57. The Morgan fingerprint density at radius 3 is 2.57 bits per heavy atom. The van der Waals surface area contributed by atoms with Gasteiger partial charge >= 0.3 is 5.69 Å². The minimum atomic E-state index is -0.566. The van der Waals surface area contributed by atoms with Crippen LogP contribution in [0.2, 0.25) is 0 Å². The van der Waals surface area contributed by atoms with E-state index in [9.17, 15) is 14.9 Å². The van der Waals surface area contributed by atoms with Gasteiger partial charge in [-0.05, 0) is 12.8 Å². The fraction of sp³-hybridized carbons (Fsp3) is 0.583. The summed E-state index contributed by atoms with van der Waals surface area (Å²) in [4.78, 5) is 30.1. The van der Waals surface area contributed by atoms with Crippen LogP contribution in [0.4, 0.5) is 17.5 Å². The van der Waals surface area contributed by atoms with Gasteiger partial charge in [0.05, 0.1) is 11.5 Å². The summed E-state index contributed by atoms with van der Waals surface area (Å²) < 4.78 is 0. The molecule has 116 valence electrons. The lowest BCUT2D eigenvalue weighted by Crippen LogP contribution is -2.32. The van der Waals surface area contributed by atoms with Crippen LogP contribution in [0.5, 0.6) is 0 Å². The highest BCUT2D eigenvalue weighted by atomic mass is 16.6. The van der Waals surface area contributed by atoms with Crippen molar-refractivity contribution < 1.29 is 9.72 Å². The second-order valence-electron chi connectivity index (χ2n) is 4.89. The third kappa shape index (κ3) is 4.86. The highest BCUT2D eigenvalue weighted by Gasteiger charge is 2.22. The third-order valence-corrected chi connectivity index (χ3v) is 2.59. The maximum Gasteiger partial charge on any atom is 0.332 e. The van der Waals surface area contributed by atoms with E-state index in [1.165, 1.54) is 6.92 Å². The van der Waals surface area contributed by atoms with Crippen LogP contribution in [0, 0.1) is 23.0 Å². The molecule has 0 radical (unpaired) electrons. The molecule has 0 unspecified atom stereocenters. The first kappa shape index (κ1) is 16.6. The fourth-order valence-corrected chi connectivity index (χ4v) is 1.57. The molecule has 0 aliphatic rings. The summed E-state index contributed by atoms with van der Waals surface area (Å²) in [5, 5.41) is 19.2. The van der Waals surface area contributed by atoms with Crippen LogP contribution >= 0.6 is 0 Å². The van der Waals surface area contributed by atoms with Gasteiger partial charge in [0.15, 0.2) is 0 Å². The number of hydrogen-bond acceptors (Lipinski definition) is 7. The minimum absolute atomic E-state index is 0.0246. The molecule has 0 aliphatic carbocycles. The second kappa shape index (κ2) is 7.36. The van der Waals surface area contributed by atoms with E-state index < -0.39 is 4.92 Å². The molecule has 0 aliphatic heterocycles. The Morgan fingerprint density at radius 1 is 1.38 bits per heavy atom. The lowest BCUT2D eigenvalue weighted by Gasteiger charge is -2.10. The number of nitrogens with zero attached hydrogens (tertiary/aromatic N) is 3. The van der Waals surface area contributed by atoms with Crippen molar-refractivity contribution in [3.8, 4) is 0 Å². The lowest BCUT2D eigenvalue weighted by atomic mass is 10.2. The van der Waals surface area contributed by atoms with Gasteiger partial charge in [0, 0.05) is 13.6 Å². The van der Waals surface area contributed by atoms with Crippen molar-refractivity contribution in [2.75, 3.05) is 30.8 Å². The van der Waals surface area contributed by atoms with E-state index in [1.54, 1.807) is 7.05 Å². The molecule has 1 heterocycles. The number of aryl methyl sites for hydroxylation is 1. The van der Waals surface area contributed by atoms with E-state index in [1.807, 2.05) is 13.8 Å². The molecule has 3 N–H and O–H groups in total. The molecule has 0 bridgehead atoms. The van der Waals surface area contributed by atoms with Crippen LogP contribution in [0.3, 0.4) is 0 Å². The van der Waals surface area contributed by atoms with Gasteiger partial charge in [-0.3, -0.25) is 14.9 Å². The number of aromatic nitrogens is 2. The van der Waals surface area contributed by atoms with Crippen LogP contribution < -0.4 is 16.0 Å². The van der Waals surface area contributed by atoms with Crippen molar-refractivity contribution in [3.05, 3.63) is 15.8 Å². The monoisotopic (exact) mass is 296 g/mol. The molecule has 0 fully saturated rings. The van der Waals surface area contributed by atoms with Crippen LogP contribution in [0.1, 0.15) is 19.5 Å². The molecule has 9 heteroatoms. The smallest absolute Gasteiger partial charge is 0.332 e. The number of nitro groups is 1. The van der Waals surface area contributed by atoms with Crippen molar-refractivity contribution in [1.29, 1.82) is 0 Å². The van der Waals surface area contributed by atoms with Gasteiger partial charge in [-0.25, -0.2) is 4.98 Å². The first-order valence-electron chi connectivity index (χ1n) is 6.56. The molecule has 21 heavy (non-hydrogen) atoms. The summed E-state index contributed by atoms with van der Waals surface area (Å²) >= 11 is 0. The average molecular weight is 296 g/mol. The van der Waals surface area contributed by atoms with E-state index in [2.05, 4.69) is 25.9 Å². The SMILES string of the molecule is CNc1nc(C)c([N+](=O)[O-])c(NCC(=O)NCC(C)C)n1. The molecule has 1 rings (SSSR count). The standard InChI is InChI=1S/C12H20N6O3/c1-7(2)5-14-9(19)6-15-11-10(18(20)21)8(3)16-12(13-4)17-11/h7H,5-6H2,1-4H3,(H,14,19)(H2,13,15,16,17). The molecule has 1 amide bonds. The highest BCUT2D eigenvalue weighted by Crippen LogP contribution is 2.26. The molecule has 0 saturated heterocycles. The Balaban J connectivity index is 2.84. The first-order valence-corrected chi connectivity index (χ1v) is 6.56. The lowest BCUT2D eigenvalue weighted by molar-refractivity contribution is -0.385. The number of rotatable bonds is 7. The molecule has 1 aromatic rings. The zero-order chi connectivity index (χ0) is 16.0. The average Bonchev–Trinajstić information content (AvgIpc) is 2.41. The molecule has 0 atom stereocenters. The summed E-state index contributed by atoms with van der Waals surface area (Å²) in [6, 6.07) is 0. The number of amides is 1. The van der Waals surface area contributed by atoms with Crippen molar-refractivity contribution in [2.24, 2.45) is 5.92 Å². The van der Waals surface area contributed by atoms with Gasteiger partial charge in [0.25, 0.3) is 0 Å². The third-order valence-electron chi connectivity index (χ3n) is 2.59. The van der Waals surface area contributed by atoms with E-state index in [0.29, 0.717) is 12.5 Å². The van der Waals surface area contributed by atoms with Gasteiger partial charge in [-0.2, -0.15) is 4.98 Å². The first-order chi connectivity index (χ1) is 9.85. The van der Waals surface area contributed by atoms with E-state index in [-0.39, 0.29) is 35.6 Å². The Morgan fingerprint density at radius 2 is 2.05 bits per heavy atom. The largest absolute Gasteiger partial charge is 0.357 e. The molecule has 9 nitrogen and oxygen atoms in total. The second-order valence-corrected chi connectivity index (χ2v) is 4.89. The predicted molar refractivity (Wildman–Crippen MR) is 79.3 cm³/mol. The van der Waals surface area contributed by atoms with Crippen molar-refractivity contribution in [2.45, 2.75) is 20.8 Å². The summed E-state index contributed by atoms with van der Waals surface area (Å²) in [5.41, 5.74) is -0.00454. The zero-order valence-electron chi connectivity index (χ0n) is 12.6. The van der Waals surface area contributed by atoms with E-state index >= 15 is 0 Å². The Bertz CT molecular complexity index is 532. The number of hydrogen-bond donors (Lipinski definition) is 3. The molecule has 1 aromatic heterocycles. The maximum absolute atomic E-state index is 11.6. The molecule has 0 spiro atoms. The number of carbonyl (C=O) groups excluding carboxylic acids is 1. The topological polar surface area (TPSA) is 122 Å². The van der Waals surface area contributed by atoms with Crippen molar-refractivity contribution in [3.63, 3.8) is 0 Å². The highest BCUT2D eigenvalue weighted by molar-refractivity contribution is 5.81. The summed E-state index contributed by atoms with van der Waals surface area (Å²) in [6.45, 7) is 5.93. The summed E-state index contributed by atoms with van der Waals surface area (Å²) in [5.74, 6) is 0.362. The van der Waals surface area contributed by atoms with Crippen molar-refractivity contribution >= 4 is 23.4 Å². The summed E-state index contributed by atoms with van der Waals surface area (Å²) in [6.07, 6.45) is 0. The van der Waals surface area contributed by atoms with E-state index in [4.69, 9.17) is 0 Å². The van der Waals surface area contributed by atoms with Gasteiger partial charge in [-0.15, -0.1) is 0 Å². The van der Waals surface area contributed by atoms with E-state index in [0.717, 1.165) is 0 Å². The molecular weight excluding hydrogens is 276 g/mol. The summed E-state index contributed by atoms with van der Waals surface area (Å²) in [7, 11) is 1.61. The normalized spacial score (nSPS) is 10.3. The van der Waals surface area contributed by atoms with Crippen LogP contribution in [-0.2, 0) is 4.79 Å². The maximum atomic E-state index is 11.6. The van der Waals surface area contributed by atoms with Crippen LogP contribution in [0.25, 0.3) is 0 Å². The van der Waals surface area contributed by atoms with Crippen LogP contribution in [0.15, 0.2) is 0 Å². The number of carbonyl (C=O) groups is 1. The van der Waals surface area contributed by atoms with Gasteiger partial charge in [-0.1, -0.05) is 13.8 Å². The Hall–Kier alpha value is -2.45. The predicted octanol–water partition coefficient (Wildman–Crippen LogP) is 0.919. The molecular formula is C12H20N6O3. The Labute approximate surface area is 122 Å².